The first kappa shape index (κ1) is 14.0. The van der Waals surface area contributed by atoms with E-state index in [-0.39, 0.29) is 4.91 Å². The molecule has 0 aromatic carbocycles. The minimum Gasteiger partial charge on any atom is -0.301 e. The monoisotopic (exact) mass is 265 g/mol. The molecular weight excluding hydrogens is 246 g/mol. The molecule has 5 heteroatoms. The number of nitrogens with zero attached hydrogens (tertiary/aromatic N) is 1. The van der Waals surface area contributed by atoms with Crippen molar-refractivity contribution < 1.29 is 8.42 Å². The van der Waals surface area contributed by atoms with Gasteiger partial charge < -0.3 is 4.90 Å². The van der Waals surface area contributed by atoms with Gasteiger partial charge >= 0.3 is 0 Å². The van der Waals surface area contributed by atoms with E-state index in [4.69, 9.17) is 10.7 Å². The standard InChI is InChI=1S/C11H20ClNO2S/c1-9(2)13-6-4-11(5-7-13)8-10(3)16(12,14)15/h9,11H,3-8H2,1-2H3. The molecular formula is C11H20ClNO2S. The lowest BCUT2D eigenvalue weighted by molar-refractivity contribution is 0.150. The van der Waals surface area contributed by atoms with Crippen LogP contribution in [0.5, 0.6) is 0 Å². The summed E-state index contributed by atoms with van der Waals surface area (Å²) in [6.07, 6.45) is 2.57. The van der Waals surface area contributed by atoms with Crippen molar-refractivity contribution in [2.45, 2.75) is 39.2 Å². The van der Waals surface area contributed by atoms with Gasteiger partial charge in [-0.25, -0.2) is 8.42 Å². The second-order valence-electron chi connectivity index (χ2n) is 4.75. The van der Waals surface area contributed by atoms with Gasteiger partial charge in [0, 0.05) is 16.7 Å². The van der Waals surface area contributed by atoms with E-state index in [1.54, 1.807) is 0 Å². The predicted molar refractivity (Wildman–Crippen MR) is 68.0 cm³/mol. The van der Waals surface area contributed by atoms with Crippen molar-refractivity contribution in [1.82, 2.24) is 4.90 Å². The zero-order chi connectivity index (χ0) is 12.3. The lowest BCUT2D eigenvalue weighted by atomic mass is 9.93. The van der Waals surface area contributed by atoms with Crippen molar-refractivity contribution in [2.24, 2.45) is 5.92 Å². The van der Waals surface area contributed by atoms with Crippen LogP contribution in [0.1, 0.15) is 33.1 Å². The second kappa shape index (κ2) is 5.52. The molecule has 0 aliphatic carbocycles. The van der Waals surface area contributed by atoms with E-state index in [1.165, 1.54) is 0 Å². The molecule has 94 valence electrons. The van der Waals surface area contributed by atoms with Gasteiger partial charge in [-0.1, -0.05) is 6.58 Å². The van der Waals surface area contributed by atoms with Crippen LogP contribution < -0.4 is 0 Å². The van der Waals surface area contributed by atoms with E-state index < -0.39 is 9.05 Å². The number of rotatable bonds is 4. The van der Waals surface area contributed by atoms with Gasteiger partial charge in [0.15, 0.2) is 0 Å². The van der Waals surface area contributed by atoms with Gasteiger partial charge in [0.2, 0.25) is 0 Å². The number of halogens is 1. The molecule has 1 saturated heterocycles. The van der Waals surface area contributed by atoms with Crippen LogP contribution in [-0.4, -0.2) is 32.4 Å². The summed E-state index contributed by atoms with van der Waals surface area (Å²) in [6, 6.07) is 0.570. The molecule has 1 fully saturated rings. The molecule has 3 nitrogen and oxygen atoms in total. The average molecular weight is 266 g/mol. The van der Waals surface area contributed by atoms with Gasteiger partial charge in [-0.15, -0.1) is 0 Å². The van der Waals surface area contributed by atoms with Gasteiger partial charge in [0.1, 0.15) is 0 Å². The normalized spacial score (nSPS) is 20.2. The maximum absolute atomic E-state index is 11.0. The van der Waals surface area contributed by atoms with Crippen molar-refractivity contribution in [1.29, 1.82) is 0 Å². The molecule has 1 rings (SSSR count). The van der Waals surface area contributed by atoms with Crippen LogP contribution in [0.15, 0.2) is 11.5 Å². The van der Waals surface area contributed by atoms with Crippen LogP contribution in [0.3, 0.4) is 0 Å². The molecule has 0 amide bonds. The van der Waals surface area contributed by atoms with Crippen LogP contribution in [0.4, 0.5) is 0 Å². The molecule has 0 radical (unpaired) electrons. The van der Waals surface area contributed by atoms with Crippen molar-refractivity contribution in [3.05, 3.63) is 11.5 Å². The first-order chi connectivity index (χ1) is 7.30. The van der Waals surface area contributed by atoms with Gasteiger partial charge in [-0.2, -0.15) is 0 Å². The van der Waals surface area contributed by atoms with Crippen LogP contribution >= 0.6 is 10.7 Å². The Bertz CT molecular complexity index is 343. The quantitative estimate of drug-likeness (QED) is 0.734. The maximum atomic E-state index is 11.0. The first-order valence-electron chi connectivity index (χ1n) is 5.67. The third kappa shape index (κ3) is 4.07. The Hall–Kier alpha value is -0.0600. The van der Waals surface area contributed by atoms with Crippen LogP contribution in [0, 0.1) is 5.92 Å². The molecule has 1 aliphatic heterocycles. The summed E-state index contributed by atoms with van der Waals surface area (Å²) in [5, 5.41) is 0. The zero-order valence-electron chi connectivity index (χ0n) is 9.95. The van der Waals surface area contributed by atoms with E-state index >= 15 is 0 Å². The van der Waals surface area contributed by atoms with E-state index in [9.17, 15) is 8.42 Å². The Morgan fingerprint density at radius 1 is 1.44 bits per heavy atom. The second-order valence-corrected chi connectivity index (χ2v) is 7.43. The average Bonchev–Trinajstić information content (AvgIpc) is 2.17. The van der Waals surface area contributed by atoms with Gasteiger partial charge in [-0.3, -0.25) is 0 Å². The summed E-state index contributed by atoms with van der Waals surface area (Å²) in [5.74, 6) is 0.413. The molecule has 0 aromatic rings. The Kier molecular flexibility index (Phi) is 4.83. The van der Waals surface area contributed by atoms with Crippen LogP contribution in [0.25, 0.3) is 0 Å². The molecule has 0 saturated carbocycles. The molecule has 16 heavy (non-hydrogen) atoms. The van der Waals surface area contributed by atoms with Gasteiger partial charge in [0.25, 0.3) is 9.05 Å². The fourth-order valence-corrected chi connectivity index (χ4v) is 2.72. The number of piperidine rings is 1. The topological polar surface area (TPSA) is 37.4 Å². The van der Waals surface area contributed by atoms with E-state index in [0.29, 0.717) is 18.4 Å². The highest BCUT2D eigenvalue weighted by Gasteiger charge is 2.23. The number of likely N-dealkylation sites (tertiary alicyclic amines) is 1. The third-order valence-corrected chi connectivity index (χ3v) is 4.75. The summed E-state index contributed by atoms with van der Waals surface area (Å²) in [7, 11) is 1.68. The highest BCUT2D eigenvalue weighted by molar-refractivity contribution is 8.16. The summed E-state index contributed by atoms with van der Waals surface area (Å²) < 4.78 is 22.1. The SMILES string of the molecule is C=C(CC1CCN(C(C)C)CC1)S(=O)(=O)Cl. The lowest BCUT2D eigenvalue weighted by Gasteiger charge is -2.34. The molecule has 0 N–H and O–H groups in total. The van der Waals surface area contributed by atoms with Crippen LogP contribution in [0.2, 0.25) is 0 Å². The number of hydrogen-bond acceptors (Lipinski definition) is 3. The van der Waals surface area contributed by atoms with E-state index in [1.807, 2.05) is 0 Å². The molecule has 0 unspecified atom stereocenters. The molecule has 1 heterocycles. The van der Waals surface area contributed by atoms with Crippen molar-refractivity contribution >= 4 is 19.7 Å². The molecule has 0 aromatic heterocycles. The summed E-state index contributed by atoms with van der Waals surface area (Å²) in [5.41, 5.74) is 0. The Morgan fingerprint density at radius 3 is 2.31 bits per heavy atom. The summed E-state index contributed by atoms with van der Waals surface area (Å²) in [6.45, 7) is 9.99. The zero-order valence-corrected chi connectivity index (χ0v) is 11.5. The first-order valence-corrected chi connectivity index (χ1v) is 7.98. The molecule has 0 atom stereocenters. The number of hydrogen-bond donors (Lipinski definition) is 0. The van der Waals surface area contributed by atoms with Crippen LogP contribution in [-0.2, 0) is 9.05 Å². The highest BCUT2D eigenvalue weighted by Crippen LogP contribution is 2.27. The minimum atomic E-state index is -3.57. The highest BCUT2D eigenvalue weighted by atomic mass is 35.7. The van der Waals surface area contributed by atoms with E-state index in [0.717, 1.165) is 25.9 Å². The van der Waals surface area contributed by atoms with E-state index in [2.05, 4.69) is 25.3 Å². The maximum Gasteiger partial charge on any atom is 0.256 e. The van der Waals surface area contributed by atoms with Crippen molar-refractivity contribution in [3.63, 3.8) is 0 Å². The lowest BCUT2D eigenvalue weighted by Crippen LogP contribution is -2.38. The fourth-order valence-electron chi connectivity index (χ4n) is 2.09. The smallest absolute Gasteiger partial charge is 0.256 e. The Labute approximate surface area is 103 Å². The molecule has 0 spiro atoms. The number of allylic oxidation sites excluding steroid dienone is 1. The third-order valence-electron chi connectivity index (χ3n) is 3.24. The Balaban J connectivity index is 2.41. The molecule has 0 bridgehead atoms. The molecule has 1 aliphatic rings. The van der Waals surface area contributed by atoms with Gasteiger partial charge in [0.05, 0.1) is 4.91 Å². The van der Waals surface area contributed by atoms with Gasteiger partial charge in [-0.05, 0) is 52.1 Å². The summed E-state index contributed by atoms with van der Waals surface area (Å²) >= 11 is 0. The van der Waals surface area contributed by atoms with Crippen molar-refractivity contribution in [2.75, 3.05) is 13.1 Å². The van der Waals surface area contributed by atoms with Crippen molar-refractivity contribution in [3.8, 4) is 0 Å². The largest absolute Gasteiger partial charge is 0.301 e. The summed E-state index contributed by atoms with van der Waals surface area (Å²) in [4.78, 5) is 2.58. The minimum absolute atomic E-state index is 0.164. The Morgan fingerprint density at radius 2 is 1.94 bits per heavy atom. The predicted octanol–water partition coefficient (Wildman–Crippen LogP) is 2.58. The fraction of sp³-hybridized carbons (Fsp3) is 0.818.